The molecule has 1 aromatic rings. The highest BCUT2D eigenvalue weighted by Crippen LogP contribution is 2.22. The molecule has 17 heavy (non-hydrogen) atoms. The number of carboxylic acid groups (broad SMARTS) is 1. The molecule has 1 saturated heterocycles. The zero-order valence-corrected chi connectivity index (χ0v) is 10.9. The molecular weight excluding hydrogens is 286 g/mol. The lowest BCUT2D eigenvalue weighted by Gasteiger charge is -2.16. The van der Waals surface area contributed by atoms with E-state index < -0.39 is 5.97 Å². The topological polar surface area (TPSA) is 60.8 Å². The van der Waals surface area contributed by atoms with E-state index in [-0.39, 0.29) is 11.7 Å². The van der Waals surface area contributed by atoms with Gasteiger partial charge in [0.25, 0.3) is 0 Å². The number of likely N-dealkylation sites (tertiary alicyclic amines) is 1. The van der Waals surface area contributed by atoms with E-state index in [2.05, 4.69) is 20.8 Å². The van der Waals surface area contributed by atoms with Crippen LogP contribution in [0, 0.1) is 0 Å². The molecule has 0 aliphatic carbocycles. The normalized spacial score (nSPS) is 20.7. The minimum absolute atomic E-state index is 0.230. The van der Waals surface area contributed by atoms with Gasteiger partial charge in [-0.15, -0.1) is 0 Å². The molecule has 0 amide bonds. The van der Waals surface area contributed by atoms with Crippen molar-refractivity contribution in [3.63, 3.8) is 0 Å². The second-order valence-corrected chi connectivity index (χ2v) is 5.14. The summed E-state index contributed by atoms with van der Waals surface area (Å²) in [5, 5.41) is 18.3. The number of aliphatic hydroxyl groups excluding tert-OH is 1. The Morgan fingerprint density at radius 1 is 1.53 bits per heavy atom. The summed E-state index contributed by atoms with van der Waals surface area (Å²) in [6.07, 6.45) is 0.581. The number of rotatable bonds is 3. The van der Waals surface area contributed by atoms with Crippen LogP contribution in [0.3, 0.4) is 0 Å². The predicted octanol–water partition coefficient (Wildman–Crippen LogP) is 1.71. The van der Waals surface area contributed by atoms with E-state index in [0.717, 1.165) is 29.5 Å². The van der Waals surface area contributed by atoms with Crippen molar-refractivity contribution in [2.45, 2.75) is 19.1 Å². The Kier molecular flexibility index (Phi) is 3.81. The summed E-state index contributed by atoms with van der Waals surface area (Å²) in [5.74, 6) is -0.922. The fraction of sp³-hybridized carbons (Fsp3) is 0.417. The summed E-state index contributed by atoms with van der Waals surface area (Å²) in [5.41, 5.74) is 1.33. The van der Waals surface area contributed by atoms with E-state index in [1.807, 2.05) is 6.07 Å². The third-order valence-corrected chi connectivity index (χ3v) is 3.68. The molecule has 0 bridgehead atoms. The van der Waals surface area contributed by atoms with Gasteiger partial charge in [-0.05, 0) is 24.1 Å². The SMILES string of the molecule is O=C(O)c1ccc(CN2CCC(O)C2)c(Br)c1. The van der Waals surface area contributed by atoms with Gasteiger partial charge in [0.15, 0.2) is 0 Å². The Morgan fingerprint density at radius 3 is 2.82 bits per heavy atom. The van der Waals surface area contributed by atoms with Crippen molar-refractivity contribution >= 4 is 21.9 Å². The molecule has 1 fully saturated rings. The van der Waals surface area contributed by atoms with Crippen LogP contribution in [-0.2, 0) is 6.54 Å². The summed E-state index contributed by atoms with van der Waals surface area (Å²) < 4.78 is 0.804. The number of aliphatic hydroxyl groups is 1. The van der Waals surface area contributed by atoms with Gasteiger partial charge >= 0.3 is 5.97 Å². The van der Waals surface area contributed by atoms with Crippen LogP contribution in [0.2, 0.25) is 0 Å². The van der Waals surface area contributed by atoms with Gasteiger partial charge in [-0.25, -0.2) is 4.79 Å². The van der Waals surface area contributed by atoms with Crippen LogP contribution in [-0.4, -0.2) is 40.3 Å². The summed E-state index contributed by atoms with van der Waals surface area (Å²) in [6, 6.07) is 5.04. The van der Waals surface area contributed by atoms with E-state index in [4.69, 9.17) is 5.11 Å². The molecule has 0 aromatic heterocycles. The standard InChI is InChI=1S/C12H14BrNO3/c13-11-5-8(12(16)17)1-2-9(11)6-14-4-3-10(15)7-14/h1-2,5,10,15H,3-4,6-7H2,(H,16,17). The Balaban J connectivity index is 2.09. The first kappa shape index (κ1) is 12.5. The Morgan fingerprint density at radius 2 is 2.29 bits per heavy atom. The summed E-state index contributed by atoms with van der Waals surface area (Å²) >= 11 is 3.39. The average Bonchev–Trinajstić information content (AvgIpc) is 2.67. The van der Waals surface area contributed by atoms with Crippen molar-refractivity contribution in [1.29, 1.82) is 0 Å². The maximum atomic E-state index is 10.8. The third kappa shape index (κ3) is 3.06. The van der Waals surface area contributed by atoms with Crippen LogP contribution in [0.4, 0.5) is 0 Å². The monoisotopic (exact) mass is 299 g/mol. The zero-order valence-electron chi connectivity index (χ0n) is 9.27. The van der Waals surface area contributed by atoms with Gasteiger partial charge in [-0.1, -0.05) is 22.0 Å². The summed E-state index contributed by atoms with van der Waals surface area (Å²) in [7, 11) is 0. The highest BCUT2D eigenvalue weighted by atomic mass is 79.9. The molecule has 2 N–H and O–H groups in total. The molecule has 0 saturated carbocycles. The van der Waals surface area contributed by atoms with Crippen LogP contribution in [0.15, 0.2) is 22.7 Å². The number of β-amino-alcohol motifs (C(OH)–C–C–N with tert-alkyl or cyclic N) is 1. The number of halogens is 1. The van der Waals surface area contributed by atoms with Gasteiger partial charge in [0.05, 0.1) is 11.7 Å². The van der Waals surface area contributed by atoms with E-state index in [1.165, 1.54) is 0 Å². The van der Waals surface area contributed by atoms with Gasteiger partial charge in [0, 0.05) is 24.1 Å². The minimum atomic E-state index is -0.922. The molecule has 2 rings (SSSR count). The summed E-state index contributed by atoms with van der Waals surface area (Å²) in [4.78, 5) is 12.9. The van der Waals surface area contributed by atoms with Crippen molar-refractivity contribution < 1.29 is 15.0 Å². The Labute approximate surface area is 108 Å². The maximum absolute atomic E-state index is 10.8. The molecule has 92 valence electrons. The van der Waals surface area contributed by atoms with Crippen molar-refractivity contribution in [1.82, 2.24) is 4.90 Å². The predicted molar refractivity (Wildman–Crippen MR) is 67.0 cm³/mol. The first-order chi connectivity index (χ1) is 8.06. The lowest BCUT2D eigenvalue weighted by atomic mass is 10.1. The van der Waals surface area contributed by atoms with Gasteiger partial charge < -0.3 is 10.2 Å². The lowest BCUT2D eigenvalue weighted by molar-refractivity contribution is 0.0697. The molecule has 4 nitrogen and oxygen atoms in total. The number of carboxylic acids is 1. The zero-order chi connectivity index (χ0) is 12.4. The lowest BCUT2D eigenvalue weighted by Crippen LogP contribution is -2.21. The van der Waals surface area contributed by atoms with Crippen LogP contribution >= 0.6 is 15.9 Å². The van der Waals surface area contributed by atoms with Crippen molar-refractivity contribution in [2.24, 2.45) is 0 Å². The van der Waals surface area contributed by atoms with E-state index in [1.54, 1.807) is 12.1 Å². The number of nitrogens with zero attached hydrogens (tertiary/aromatic N) is 1. The van der Waals surface area contributed by atoms with Crippen LogP contribution < -0.4 is 0 Å². The average molecular weight is 300 g/mol. The second kappa shape index (κ2) is 5.16. The van der Waals surface area contributed by atoms with Crippen molar-refractivity contribution in [3.8, 4) is 0 Å². The highest BCUT2D eigenvalue weighted by Gasteiger charge is 2.20. The maximum Gasteiger partial charge on any atom is 0.335 e. The van der Waals surface area contributed by atoms with E-state index in [9.17, 15) is 9.90 Å². The van der Waals surface area contributed by atoms with E-state index in [0.29, 0.717) is 6.54 Å². The van der Waals surface area contributed by atoms with Crippen molar-refractivity contribution in [2.75, 3.05) is 13.1 Å². The van der Waals surface area contributed by atoms with Gasteiger partial charge in [0.1, 0.15) is 0 Å². The minimum Gasteiger partial charge on any atom is -0.478 e. The molecule has 5 heteroatoms. The molecular formula is C12H14BrNO3. The molecule has 1 aliphatic heterocycles. The fourth-order valence-electron chi connectivity index (χ4n) is 2.01. The number of benzene rings is 1. The van der Waals surface area contributed by atoms with Gasteiger partial charge in [-0.3, -0.25) is 4.90 Å². The summed E-state index contributed by atoms with van der Waals surface area (Å²) in [6.45, 7) is 2.30. The number of hydrogen-bond acceptors (Lipinski definition) is 3. The largest absolute Gasteiger partial charge is 0.478 e. The van der Waals surface area contributed by atoms with Crippen LogP contribution in [0.1, 0.15) is 22.3 Å². The van der Waals surface area contributed by atoms with Gasteiger partial charge in [0.2, 0.25) is 0 Å². The highest BCUT2D eigenvalue weighted by molar-refractivity contribution is 9.10. The molecule has 1 aromatic carbocycles. The van der Waals surface area contributed by atoms with Crippen LogP contribution in [0.25, 0.3) is 0 Å². The Hall–Kier alpha value is -0.910. The first-order valence-corrected chi connectivity index (χ1v) is 6.27. The number of aromatic carboxylic acids is 1. The smallest absolute Gasteiger partial charge is 0.335 e. The second-order valence-electron chi connectivity index (χ2n) is 4.29. The van der Waals surface area contributed by atoms with Gasteiger partial charge in [-0.2, -0.15) is 0 Å². The quantitative estimate of drug-likeness (QED) is 0.892. The molecule has 1 aliphatic rings. The molecule has 0 radical (unpaired) electrons. The Bertz CT molecular complexity index is 436. The fourth-order valence-corrected chi connectivity index (χ4v) is 2.51. The molecule has 0 spiro atoms. The molecule has 1 heterocycles. The number of carbonyl (C=O) groups is 1. The van der Waals surface area contributed by atoms with Crippen LogP contribution in [0.5, 0.6) is 0 Å². The number of hydrogen-bond donors (Lipinski definition) is 2. The first-order valence-electron chi connectivity index (χ1n) is 5.48. The molecule has 1 atom stereocenters. The van der Waals surface area contributed by atoms with E-state index >= 15 is 0 Å². The van der Waals surface area contributed by atoms with Crippen molar-refractivity contribution in [3.05, 3.63) is 33.8 Å². The third-order valence-electron chi connectivity index (χ3n) is 2.94. The molecule has 1 unspecified atom stereocenters.